The molecule has 0 radical (unpaired) electrons. The van der Waals surface area contributed by atoms with Crippen molar-refractivity contribution in [1.82, 2.24) is 0 Å². The molecule has 0 aromatic heterocycles. The van der Waals surface area contributed by atoms with Crippen LogP contribution in [0.25, 0.3) is 0 Å². The van der Waals surface area contributed by atoms with E-state index in [1.165, 1.54) is 30.3 Å². The number of halogens is 2. The first-order valence-corrected chi connectivity index (χ1v) is 9.92. The summed E-state index contributed by atoms with van der Waals surface area (Å²) < 4.78 is 63.1. The van der Waals surface area contributed by atoms with E-state index < -0.39 is 27.3 Å². The highest BCUT2D eigenvalue weighted by Crippen LogP contribution is 2.49. The van der Waals surface area contributed by atoms with Crippen LogP contribution in [0.1, 0.15) is 11.1 Å². The second kappa shape index (κ2) is 6.06. The lowest BCUT2D eigenvalue weighted by molar-refractivity contribution is -0.0474. The maximum absolute atomic E-state index is 14.2. The van der Waals surface area contributed by atoms with Gasteiger partial charge in [-0.05, 0) is 36.4 Å². The van der Waals surface area contributed by atoms with Crippen LogP contribution >= 0.6 is 0 Å². The highest BCUT2D eigenvalue weighted by molar-refractivity contribution is 7.90. The van der Waals surface area contributed by atoms with Gasteiger partial charge in [-0.2, -0.15) is 4.39 Å². The van der Waals surface area contributed by atoms with E-state index in [-0.39, 0.29) is 16.4 Å². The summed E-state index contributed by atoms with van der Waals surface area (Å²) in [5, 5.41) is 0. The van der Waals surface area contributed by atoms with Gasteiger partial charge >= 0.3 is 5.79 Å². The summed E-state index contributed by atoms with van der Waals surface area (Å²) in [4.78, 5) is 0.127. The van der Waals surface area contributed by atoms with Crippen LogP contribution in [0.2, 0.25) is 0 Å². The summed E-state index contributed by atoms with van der Waals surface area (Å²) in [5.41, 5.74) is 0.991. The zero-order valence-corrected chi connectivity index (χ0v) is 15.0. The minimum absolute atomic E-state index is 0.0601. The fourth-order valence-corrected chi connectivity index (χ4v) is 3.62. The van der Waals surface area contributed by atoms with Crippen LogP contribution in [0.3, 0.4) is 0 Å². The Morgan fingerprint density at radius 2 is 1.44 bits per heavy atom. The van der Waals surface area contributed by atoms with E-state index >= 15 is 0 Å². The molecule has 0 N–H and O–H groups in total. The predicted molar refractivity (Wildman–Crippen MR) is 94.4 cm³/mol. The summed E-state index contributed by atoms with van der Waals surface area (Å²) in [6, 6.07) is 16.9. The standard InChI is InChI=1S/C20H14F2O4S/c1-27(23,24)15-9-7-14(8-10-15)20(13-5-3-2-4-6-13)25-17-12-11-16(21)18(22)19(17)26-20/h2-12H,1H3. The van der Waals surface area contributed by atoms with Crippen LogP contribution in [-0.4, -0.2) is 14.7 Å². The summed E-state index contributed by atoms with van der Waals surface area (Å²) in [7, 11) is -3.38. The molecule has 0 fully saturated rings. The van der Waals surface area contributed by atoms with Gasteiger partial charge in [0.05, 0.1) is 4.90 Å². The molecule has 3 aromatic carbocycles. The summed E-state index contributed by atoms with van der Waals surface area (Å²) in [5.74, 6) is -4.02. The van der Waals surface area contributed by atoms with Gasteiger partial charge in [0.15, 0.2) is 21.4 Å². The Morgan fingerprint density at radius 1 is 0.815 bits per heavy atom. The first-order valence-electron chi connectivity index (χ1n) is 8.03. The molecule has 27 heavy (non-hydrogen) atoms. The van der Waals surface area contributed by atoms with Gasteiger partial charge in [0.2, 0.25) is 11.6 Å². The number of rotatable bonds is 3. The van der Waals surface area contributed by atoms with E-state index in [4.69, 9.17) is 9.47 Å². The fraction of sp³-hybridized carbons (Fsp3) is 0.100. The number of hydrogen-bond acceptors (Lipinski definition) is 4. The van der Waals surface area contributed by atoms with E-state index in [0.29, 0.717) is 11.1 Å². The van der Waals surface area contributed by atoms with E-state index in [1.54, 1.807) is 30.3 Å². The molecule has 1 atom stereocenters. The van der Waals surface area contributed by atoms with Gasteiger partial charge in [0.1, 0.15) is 0 Å². The van der Waals surface area contributed by atoms with Gasteiger partial charge < -0.3 is 9.47 Å². The van der Waals surface area contributed by atoms with Crippen LogP contribution in [0.15, 0.2) is 71.6 Å². The van der Waals surface area contributed by atoms with E-state index in [2.05, 4.69) is 0 Å². The highest BCUT2D eigenvalue weighted by Gasteiger charge is 2.47. The third-order valence-electron chi connectivity index (χ3n) is 4.33. The van der Waals surface area contributed by atoms with Crippen LogP contribution in [-0.2, 0) is 15.6 Å². The van der Waals surface area contributed by atoms with Crippen LogP contribution in [0.5, 0.6) is 11.5 Å². The molecule has 0 bridgehead atoms. The number of fused-ring (bicyclic) bond motifs is 1. The van der Waals surface area contributed by atoms with Crippen molar-refractivity contribution in [1.29, 1.82) is 0 Å². The average molecular weight is 388 g/mol. The lowest BCUT2D eigenvalue weighted by atomic mass is 9.97. The largest absolute Gasteiger partial charge is 0.440 e. The Kier molecular flexibility index (Phi) is 3.92. The van der Waals surface area contributed by atoms with Crippen molar-refractivity contribution in [2.75, 3.05) is 6.26 Å². The molecule has 1 aliphatic heterocycles. The molecular weight excluding hydrogens is 374 g/mol. The average Bonchev–Trinajstić information content (AvgIpc) is 3.07. The highest BCUT2D eigenvalue weighted by atomic mass is 32.2. The third kappa shape index (κ3) is 2.84. The number of benzene rings is 3. The lowest BCUT2D eigenvalue weighted by Gasteiger charge is -2.28. The molecule has 3 aromatic rings. The first kappa shape index (κ1) is 17.5. The Morgan fingerprint density at radius 3 is 2.07 bits per heavy atom. The van der Waals surface area contributed by atoms with Gasteiger partial charge in [-0.3, -0.25) is 0 Å². The lowest BCUT2D eigenvalue weighted by Crippen LogP contribution is -2.36. The molecule has 0 spiro atoms. The second-order valence-corrected chi connectivity index (χ2v) is 8.19. The van der Waals surface area contributed by atoms with Gasteiger partial charge in [0.25, 0.3) is 0 Å². The first-order chi connectivity index (χ1) is 12.8. The van der Waals surface area contributed by atoms with Gasteiger partial charge in [-0.1, -0.05) is 30.3 Å². The molecule has 0 saturated carbocycles. The maximum atomic E-state index is 14.2. The van der Waals surface area contributed by atoms with Gasteiger partial charge in [-0.25, -0.2) is 12.8 Å². The normalized spacial score (nSPS) is 18.5. The fourth-order valence-electron chi connectivity index (χ4n) is 2.99. The van der Waals surface area contributed by atoms with Gasteiger partial charge in [0, 0.05) is 17.4 Å². The maximum Gasteiger partial charge on any atom is 0.305 e. The van der Waals surface area contributed by atoms with Crippen LogP contribution < -0.4 is 9.47 Å². The smallest absolute Gasteiger partial charge is 0.305 e. The number of hydrogen-bond donors (Lipinski definition) is 0. The Balaban J connectivity index is 1.89. The van der Waals surface area contributed by atoms with E-state index in [0.717, 1.165) is 12.3 Å². The quantitative estimate of drug-likeness (QED) is 0.680. The van der Waals surface area contributed by atoms with Crippen molar-refractivity contribution >= 4 is 9.84 Å². The zero-order valence-electron chi connectivity index (χ0n) is 14.1. The zero-order chi connectivity index (χ0) is 19.2. The molecule has 4 nitrogen and oxygen atoms in total. The molecule has 138 valence electrons. The topological polar surface area (TPSA) is 52.6 Å². The monoisotopic (exact) mass is 388 g/mol. The van der Waals surface area contributed by atoms with E-state index in [9.17, 15) is 17.2 Å². The SMILES string of the molecule is CS(=O)(=O)c1ccc(C2(c3ccccc3)Oc3ccc(F)c(F)c3O2)cc1. The summed E-state index contributed by atoms with van der Waals surface area (Å²) in [6.45, 7) is 0. The van der Waals surface area contributed by atoms with Crippen molar-refractivity contribution in [3.63, 3.8) is 0 Å². The van der Waals surface area contributed by atoms with Crippen molar-refractivity contribution in [3.8, 4) is 11.5 Å². The molecule has 7 heteroatoms. The summed E-state index contributed by atoms with van der Waals surface area (Å²) >= 11 is 0. The Hall–Kier alpha value is -2.93. The minimum atomic E-state index is -3.38. The minimum Gasteiger partial charge on any atom is -0.440 e. The molecule has 1 unspecified atom stereocenters. The Bertz CT molecular complexity index is 1110. The van der Waals surface area contributed by atoms with Crippen LogP contribution in [0.4, 0.5) is 8.78 Å². The van der Waals surface area contributed by atoms with Gasteiger partial charge in [-0.15, -0.1) is 0 Å². The molecular formula is C20H14F2O4S. The number of sulfone groups is 1. The molecule has 1 aliphatic rings. The second-order valence-electron chi connectivity index (χ2n) is 6.17. The number of ether oxygens (including phenoxy) is 2. The van der Waals surface area contributed by atoms with Crippen LogP contribution in [0, 0.1) is 11.6 Å². The van der Waals surface area contributed by atoms with Crippen molar-refractivity contribution in [2.24, 2.45) is 0 Å². The molecule has 0 aliphatic carbocycles. The van der Waals surface area contributed by atoms with E-state index in [1.807, 2.05) is 0 Å². The predicted octanol–water partition coefficient (Wildman–Crippen LogP) is 4.04. The molecule has 1 heterocycles. The Labute approximate surface area is 154 Å². The molecule has 0 amide bonds. The third-order valence-corrected chi connectivity index (χ3v) is 5.46. The summed E-state index contributed by atoms with van der Waals surface area (Å²) in [6.07, 6.45) is 1.10. The van der Waals surface area contributed by atoms with Crippen molar-refractivity contribution < 1.29 is 26.7 Å². The van der Waals surface area contributed by atoms with Crippen molar-refractivity contribution in [2.45, 2.75) is 10.7 Å². The van der Waals surface area contributed by atoms with Crippen molar-refractivity contribution in [3.05, 3.63) is 89.5 Å². The molecule has 4 rings (SSSR count). The molecule has 0 saturated heterocycles.